The highest BCUT2D eigenvalue weighted by Crippen LogP contribution is 2.19. The molecule has 0 radical (unpaired) electrons. The first-order valence-corrected chi connectivity index (χ1v) is 9.97. The van der Waals surface area contributed by atoms with Crippen molar-refractivity contribution in [3.8, 4) is 6.07 Å². The molecule has 148 valence electrons. The number of amides is 1. The van der Waals surface area contributed by atoms with Crippen LogP contribution in [0.4, 0.5) is 0 Å². The largest absolute Gasteiger partial charge is 0.451 e. The Bertz CT molecular complexity index is 904. The van der Waals surface area contributed by atoms with Gasteiger partial charge in [-0.2, -0.15) is 5.26 Å². The van der Waals surface area contributed by atoms with Crippen molar-refractivity contribution < 1.29 is 14.3 Å². The van der Waals surface area contributed by atoms with Crippen LogP contribution >= 0.6 is 11.3 Å². The maximum atomic E-state index is 12.3. The van der Waals surface area contributed by atoms with E-state index in [2.05, 4.69) is 11.5 Å². The van der Waals surface area contributed by atoms with Gasteiger partial charge in [-0.25, -0.2) is 4.79 Å². The van der Waals surface area contributed by atoms with Gasteiger partial charge in [-0.15, -0.1) is 11.3 Å². The topological polar surface area (TPSA) is 75.3 Å². The second-order valence-corrected chi connectivity index (χ2v) is 7.59. The molecule has 28 heavy (non-hydrogen) atoms. The fraction of sp³-hybridized carbons (Fsp3) is 0.381. The highest BCUT2D eigenvalue weighted by Gasteiger charge is 2.17. The average Bonchev–Trinajstić information content (AvgIpc) is 3.27. The number of esters is 1. The van der Waals surface area contributed by atoms with E-state index in [1.54, 1.807) is 18.4 Å². The van der Waals surface area contributed by atoms with Gasteiger partial charge in [0.25, 0.3) is 5.91 Å². The molecule has 7 heteroatoms. The number of aryl methyl sites for hydroxylation is 1. The molecule has 2 aromatic heterocycles. The van der Waals surface area contributed by atoms with Gasteiger partial charge in [-0.1, -0.05) is 13.0 Å². The van der Waals surface area contributed by atoms with Crippen LogP contribution in [-0.4, -0.2) is 35.0 Å². The van der Waals surface area contributed by atoms with Crippen molar-refractivity contribution in [2.24, 2.45) is 0 Å². The van der Waals surface area contributed by atoms with Crippen molar-refractivity contribution in [1.29, 1.82) is 5.26 Å². The van der Waals surface area contributed by atoms with Crippen LogP contribution in [-0.2, 0) is 27.4 Å². The van der Waals surface area contributed by atoms with Crippen LogP contribution in [0, 0.1) is 25.2 Å². The number of carbonyl (C=O) groups excluding carboxylic acids is 2. The third kappa shape index (κ3) is 5.33. The van der Waals surface area contributed by atoms with E-state index in [9.17, 15) is 14.9 Å². The van der Waals surface area contributed by atoms with Crippen LogP contribution in [0.15, 0.2) is 29.2 Å². The van der Waals surface area contributed by atoms with Crippen molar-refractivity contribution in [3.63, 3.8) is 0 Å². The molecule has 0 saturated heterocycles. The lowest BCUT2D eigenvalue weighted by atomic mass is 10.1. The van der Waals surface area contributed by atoms with E-state index in [0.717, 1.165) is 34.8 Å². The molecule has 0 unspecified atom stereocenters. The zero-order chi connectivity index (χ0) is 20.7. The summed E-state index contributed by atoms with van der Waals surface area (Å²) in [6.45, 7) is 6.99. The summed E-state index contributed by atoms with van der Waals surface area (Å²) in [7, 11) is 1.65. The van der Waals surface area contributed by atoms with Crippen LogP contribution in [0.5, 0.6) is 0 Å². The molecule has 0 atom stereocenters. The number of aromatic nitrogens is 1. The molecule has 0 fully saturated rings. The number of carbonyl (C=O) groups is 2. The molecule has 0 aliphatic heterocycles. The Morgan fingerprint density at radius 3 is 2.75 bits per heavy atom. The Morgan fingerprint density at radius 1 is 1.39 bits per heavy atom. The molecule has 0 saturated carbocycles. The van der Waals surface area contributed by atoms with E-state index >= 15 is 0 Å². The van der Waals surface area contributed by atoms with Crippen molar-refractivity contribution >= 4 is 29.3 Å². The van der Waals surface area contributed by atoms with Gasteiger partial charge in [-0.05, 0) is 49.4 Å². The highest BCUT2D eigenvalue weighted by atomic mass is 32.1. The number of ether oxygens (including phenoxy) is 1. The number of thiophene rings is 1. The number of hydrogen-bond donors (Lipinski definition) is 0. The molecular formula is C21H25N3O3S. The van der Waals surface area contributed by atoms with Crippen molar-refractivity contribution in [2.45, 2.75) is 40.3 Å². The normalized spacial score (nSPS) is 11.2. The molecular weight excluding hydrogens is 374 g/mol. The van der Waals surface area contributed by atoms with Crippen LogP contribution in [0.1, 0.15) is 35.2 Å². The smallest absolute Gasteiger partial charge is 0.349 e. The Labute approximate surface area is 169 Å². The SMILES string of the molecule is CCCn1c(C)cc(C=C(C#N)C(=O)OCC(=O)N(C)Cc2cccs2)c1C. The first-order valence-electron chi connectivity index (χ1n) is 9.09. The third-order valence-electron chi connectivity index (χ3n) is 4.43. The molecule has 0 aromatic carbocycles. The second-order valence-electron chi connectivity index (χ2n) is 6.55. The van der Waals surface area contributed by atoms with E-state index in [1.807, 2.05) is 43.5 Å². The maximum Gasteiger partial charge on any atom is 0.349 e. The monoisotopic (exact) mass is 399 g/mol. The summed E-state index contributed by atoms with van der Waals surface area (Å²) in [6, 6.07) is 7.67. The van der Waals surface area contributed by atoms with Gasteiger partial charge >= 0.3 is 5.97 Å². The standard InChI is InChI=1S/C21H25N3O3S/c1-5-8-24-15(2)10-17(16(24)3)11-18(12-22)21(26)27-14-20(25)23(4)13-19-7-6-9-28-19/h6-7,9-11H,5,8,13-14H2,1-4H3. The summed E-state index contributed by atoms with van der Waals surface area (Å²) >= 11 is 1.55. The maximum absolute atomic E-state index is 12.3. The van der Waals surface area contributed by atoms with Crippen LogP contribution < -0.4 is 0 Å². The molecule has 0 N–H and O–H groups in total. The molecule has 1 amide bonds. The van der Waals surface area contributed by atoms with Gasteiger partial charge in [-0.3, -0.25) is 4.79 Å². The minimum atomic E-state index is -0.791. The summed E-state index contributed by atoms with van der Waals surface area (Å²) in [4.78, 5) is 27.0. The molecule has 2 heterocycles. The predicted molar refractivity (Wildman–Crippen MR) is 110 cm³/mol. The first kappa shape index (κ1) is 21.5. The lowest BCUT2D eigenvalue weighted by Crippen LogP contribution is -2.30. The number of nitrogens with zero attached hydrogens (tertiary/aromatic N) is 3. The van der Waals surface area contributed by atoms with Gasteiger partial charge < -0.3 is 14.2 Å². The summed E-state index contributed by atoms with van der Waals surface area (Å²) in [5.41, 5.74) is 2.75. The number of rotatable bonds is 8. The Morgan fingerprint density at radius 2 is 2.14 bits per heavy atom. The Kier molecular flexibility index (Phi) is 7.59. The van der Waals surface area contributed by atoms with E-state index in [1.165, 1.54) is 11.0 Å². The van der Waals surface area contributed by atoms with Gasteiger partial charge in [0, 0.05) is 29.9 Å². The second kappa shape index (κ2) is 9.90. The Hall–Kier alpha value is -2.85. The predicted octanol–water partition coefficient (Wildman–Crippen LogP) is 3.69. The zero-order valence-electron chi connectivity index (χ0n) is 16.7. The highest BCUT2D eigenvalue weighted by molar-refractivity contribution is 7.09. The van der Waals surface area contributed by atoms with Gasteiger partial charge in [0.2, 0.25) is 0 Å². The summed E-state index contributed by atoms with van der Waals surface area (Å²) in [5.74, 6) is -1.11. The number of likely N-dealkylation sites (N-methyl/N-ethyl adjacent to an activating group) is 1. The van der Waals surface area contributed by atoms with Gasteiger partial charge in [0.15, 0.2) is 6.61 Å². The molecule has 0 bridgehead atoms. The molecule has 2 aromatic rings. The van der Waals surface area contributed by atoms with E-state index in [-0.39, 0.29) is 11.5 Å². The van der Waals surface area contributed by atoms with Crippen molar-refractivity contribution in [3.05, 3.63) is 51.0 Å². The number of nitriles is 1. The fourth-order valence-electron chi connectivity index (χ4n) is 2.87. The molecule has 0 spiro atoms. The van der Waals surface area contributed by atoms with Crippen molar-refractivity contribution in [1.82, 2.24) is 9.47 Å². The van der Waals surface area contributed by atoms with Gasteiger partial charge in [0.1, 0.15) is 11.6 Å². The first-order chi connectivity index (χ1) is 13.4. The van der Waals surface area contributed by atoms with Crippen LogP contribution in [0.3, 0.4) is 0 Å². The Balaban J connectivity index is 2.01. The molecule has 6 nitrogen and oxygen atoms in total. The summed E-state index contributed by atoms with van der Waals surface area (Å²) in [6.07, 6.45) is 2.52. The fourth-order valence-corrected chi connectivity index (χ4v) is 3.63. The zero-order valence-corrected chi connectivity index (χ0v) is 17.5. The summed E-state index contributed by atoms with van der Waals surface area (Å²) < 4.78 is 7.22. The van der Waals surface area contributed by atoms with Gasteiger partial charge in [0.05, 0.1) is 6.54 Å². The lowest BCUT2D eigenvalue weighted by Gasteiger charge is -2.16. The molecule has 0 aliphatic rings. The van der Waals surface area contributed by atoms with Crippen LogP contribution in [0.25, 0.3) is 6.08 Å². The summed E-state index contributed by atoms with van der Waals surface area (Å²) in [5, 5.41) is 11.3. The number of hydrogen-bond acceptors (Lipinski definition) is 5. The molecule has 0 aliphatic carbocycles. The molecule has 2 rings (SSSR count). The quantitative estimate of drug-likeness (QED) is 0.385. The van der Waals surface area contributed by atoms with Crippen molar-refractivity contribution in [2.75, 3.05) is 13.7 Å². The lowest BCUT2D eigenvalue weighted by molar-refractivity contribution is -0.148. The van der Waals surface area contributed by atoms with E-state index < -0.39 is 12.6 Å². The van der Waals surface area contributed by atoms with E-state index in [0.29, 0.717) is 6.54 Å². The average molecular weight is 400 g/mol. The minimum absolute atomic E-state index is 0.120. The third-order valence-corrected chi connectivity index (χ3v) is 5.29. The minimum Gasteiger partial charge on any atom is -0.451 e. The van der Waals surface area contributed by atoms with E-state index in [4.69, 9.17) is 4.74 Å². The van der Waals surface area contributed by atoms with Crippen LogP contribution in [0.2, 0.25) is 0 Å².